The lowest BCUT2D eigenvalue weighted by Gasteiger charge is -2.19. The van der Waals surface area contributed by atoms with Crippen LogP contribution in [-0.2, 0) is 4.74 Å². The number of hydrogen-bond acceptors (Lipinski definition) is 6. The van der Waals surface area contributed by atoms with Crippen molar-refractivity contribution in [3.05, 3.63) is 72.6 Å². The molecule has 210 valence electrons. The van der Waals surface area contributed by atoms with E-state index in [-0.39, 0.29) is 12.5 Å². The van der Waals surface area contributed by atoms with Crippen LogP contribution in [0.15, 0.2) is 67.0 Å². The minimum Gasteiger partial charge on any atom is -0.444 e. The van der Waals surface area contributed by atoms with Crippen molar-refractivity contribution < 1.29 is 14.3 Å². The quantitative estimate of drug-likeness (QED) is 0.203. The molecule has 2 aromatic heterocycles. The van der Waals surface area contributed by atoms with Gasteiger partial charge in [0, 0.05) is 41.9 Å². The summed E-state index contributed by atoms with van der Waals surface area (Å²) in [5.41, 5.74) is 4.41. The molecule has 2 aromatic carbocycles. The fraction of sp³-hybridized carbons (Fsp3) is 0.312. The Bertz CT molecular complexity index is 1590. The molecule has 0 saturated heterocycles. The third kappa shape index (κ3) is 7.42. The van der Waals surface area contributed by atoms with Crippen molar-refractivity contribution in [3.63, 3.8) is 0 Å². The molecule has 9 heteroatoms. The highest BCUT2D eigenvalue weighted by Crippen LogP contribution is 2.28. The van der Waals surface area contributed by atoms with Crippen molar-refractivity contribution in [2.45, 2.75) is 51.7 Å². The number of amides is 2. The van der Waals surface area contributed by atoms with Gasteiger partial charge in [-0.05, 0) is 45.7 Å². The van der Waals surface area contributed by atoms with Crippen LogP contribution >= 0.6 is 0 Å². The Labute approximate surface area is 239 Å². The van der Waals surface area contributed by atoms with E-state index < -0.39 is 11.7 Å². The average molecular weight is 551 g/mol. The molecule has 5 rings (SSSR count). The van der Waals surface area contributed by atoms with Crippen molar-refractivity contribution in [3.8, 4) is 34.4 Å². The van der Waals surface area contributed by atoms with E-state index in [2.05, 4.69) is 32.8 Å². The number of anilines is 1. The Kier molecular flexibility index (Phi) is 8.20. The Morgan fingerprint density at radius 3 is 2.49 bits per heavy atom. The molecule has 2 amide bonds. The minimum atomic E-state index is -0.545. The maximum absolute atomic E-state index is 12.4. The molecule has 1 aliphatic carbocycles. The second-order valence-corrected chi connectivity index (χ2v) is 10.9. The molecule has 0 atom stereocenters. The van der Waals surface area contributed by atoms with Crippen LogP contribution in [0.5, 0.6) is 0 Å². The van der Waals surface area contributed by atoms with Gasteiger partial charge in [0.05, 0.1) is 24.1 Å². The van der Waals surface area contributed by atoms with Gasteiger partial charge in [0.15, 0.2) is 11.5 Å². The molecule has 4 aromatic rings. The molecule has 9 nitrogen and oxygen atoms in total. The molecule has 2 heterocycles. The fourth-order valence-electron chi connectivity index (χ4n) is 4.18. The molecule has 1 aliphatic rings. The number of nitrogens with one attached hydrogen (secondary N) is 3. The van der Waals surface area contributed by atoms with Gasteiger partial charge in [0.1, 0.15) is 5.60 Å². The number of imidazole rings is 1. The lowest BCUT2D eigenvalue weighted by atomic mass is 10.1. The van der Waals surface area contributed by atoms with E-state index in [1.165, 1.54) is 0 Å². The fourth-order valence-corrected chi connectivity index (χ4v) is 4.18. The van der Waals surface area contributed by atoms with Crippen molar-refractivity contribution in [2.24, 2.45) is 0 Å². The number of nitrogens with zero attached hydrogens (tertiary/aromatic N) is 3. The number of carbonyl (C=O) groups is 2. The van der Waals surface area contributed by atoms with Gasteiger partial charge in [-0.2, -0.15) is 0 Å². The number of aromatic nitrogens is 3. The first-order valence-corrected chi connectivity index (χ1v) is 13.8. The highest BCUT2D eigenvalue weighted by atomic mass is 16.6. The largest absolute Gasteiger partial charge is 0.444 e. The molecule has 0 spiro atoms. The zero-order chi connectivity index (χ0) is 28.8. The van der Waals surface area contributed by atoms with E-state index in [1.807, 2.05) is 92.2 Å². The summed E-state index contributed by atoms with van der Waals surface area (Å²) in [6.45, 7) is 6.21. The number of carbonyl (C=O) groups excluding carboxylic acids is 2. The SMILES string of the molecule is CC(C)(C)OC(=O)NCC#CCCNc1nc(-c2ccccc2)cn2c(-c3ccc(C(=O)NC4CC4)cc3)cnc12. The summed E-state index contributed by atoms with van der Waals surface area (Å²) in [6, 6.07) is 17.9. The lowest BCUT2D eigenvalue weighted by molar-refractivity contribution is 0.0535. The van der Waals surface area contributed by atoms with Crippen LogP contribution in [0.4, 0.5) is 10.6 Å². The molecule has 1 fully saturated rings. The second kappa shape index (κ2) is 12.1. The van der Waals surface area contributed by atoms with Gasteiger partial charge in [-0.15, -0.1) is 0 Å². The Balaban J connectivity index is 1.32. The molecule has 1 saturated carbocycles. The van der Waals surface area contributed by atoms with E-state index >= 15 is 0 Å². The van der Waals surface area contributed by atoms with Crippen molar-refractivity contribution in [1.29, 1.82) is 0 Å². The normalized spacial score (nSPS) is 12.8. The second-order valence-electron chi connectivity index (χ2n) is 10.9. The number of benzene rings is 2. The third-order valence-electron chi connectivity index (χ3n) is 6.30. The summed E-state index contributed by atoms with van der Waals surface area (Å²) in [7, 11) is 0. The highest BCUT2D eigenvalue weighted by molar-refractivity contribution is 5.95. The van der Waals surface area contributed by atoms with Crippen LogP contribution in [-0.4, -0.2) is 51.1 Å². The van der Waals surface area contributed by atoms with Crippen LogP contribution in [0.25, 0.3) is 28.2 Å². The first-order chi connectivity index (χ1) is 19.8. The van der Waals surface area contributed by atoms with E-state index in [0.717, 1.165) is 35.4 Å². The van der Waals surface area contributed by atoms with Crippen LogP contribution in [0, 0.1) is 11.8 Å². The molecular weight excluding hydrogens is 516 g/mol. The maximum Gasteiger partial charge on any atom is 0.408 e. The number of fused-ring (bicyclic) bond motifs is 1. The molecule has 0 bridgehead atoms. The summed E-state index contributed by atoms with van der Waals surface area (Å²) in [6.07, 6.45) is 5.97. The van der Waals surface area contributed by atoms with Crippen LogP contribution in [0.3, 0.4) is 0 Å². The molecular formula is C32H34N6O3. The van der Waals surface area contributed by atoms with E-state index in [1.54, 1.807) is 0 Å². The maximum atomic E-state index is 12.4. The summed E-state index contributed by atoms with van der Waals surface area (Å²) in [4.78, 5) is 33.7. The first-order valence-electron chi connectivity index (χ1n) is 13.8. The van der Waals surface area contributed by atoms with Gasteiger partial charge in [-0.1, -0.05) is 54.3 Å². The van der Waals surface area contributed by atoms with Gasteiger partial charge >= 0.3 is 6.09 Å². The first kappa shape index (κ1) is 27.7. The predicted octanol–water partition coefficient (Wildman–Crippen LogP) is 5.29. The highest BCUT2D eigenvalue weighted by Gasteiger charge is 2.24. The van der Waals surface area contributed by atoms with Gasteiger partial charge in [-0.3, -0.25) is 9.20 Å². The zero-order valence-corrected chi connectivity index (χ0v) is 23.5. The van der Waals surface area contributed by atoms with E-state index in [0.29, 0.717) is 36.0 Å². The molecule has 0 unspecified atom stereocenters. The zero-order valence-electron chi connectivity index (χ0n) is 23.5. The summed E-state index contributed by atoms with van der Waals surface area (Å²) in [5.74, 6) is 6.61. The number of alkyl carbamates (subject to hydrolysis) is 1. The third-order valence-corrected chi connectivity index (χ3v) is 6.30. The van der Waals surface area contributed by atoms with E-state index in [4.69, 9.17) is 9.72 Å². The summed E-state index contributed by atoms with van der Waals surface area (Å²) in [5, 5.41) is 9.04. The Morgan fingerprint density at radius 2 is 1.78 bits per heavy atom. The number of hydrogen-bond donors (Lipinski definition) is 3. The standard InChI is InChI=1S/C32H34N6O3/c1-32(2,3)41-31(40)34-19-9-5-8-18-33-28-29-35-20-27(38(29)21-26(37-28)22-10-6-4-7-11-22)23-12-14-24(15-13-23)30(39)36-25-16-17-25/h4,6-7,10-15,20-21,25H,8,16-19H2,1-3H3,(H,33,37)(H,34,40)(H,36,39). The van der Waals surface area contributed by atoms with Gasteiger partial charge < -0.3 is 20.7 Å². The minimum absolute atomic E-state index is 0.0389. The van der Waals surface area contributed by atoms with Crippen LogP contribution in [0.1, 0.15) is 50.4 Å². The summed E-state index contributed by atoms with van der Waals surface area (Å²) < 4.78 is 7.23. The molecule has 41 heavy (non-hydrogen) atoms. The van der Waals surface area contributed by atoms with Crippen molar-refractivity contribution >= 4 is 23.5 Å². The Hall–Kier alpha value is -4.84. The molecule has 0 radical (unpaired) electrons. The van der Waals surface area contributed by atoms with Gasteiger partial charge in [0.2, 0.25) is 0 Å². The number of rotatable bonds is 8. The molecule has 0 aliphatic heterocycles. The number of ether oxygens (including phenoxy) is 1. The van der Waals surface area contributed by atoms with E-state index in [9.17, 15) is 9.59 Å². The van der Waals surface area contributed by atoms with Crippen LogP contribution < -0.4 is 16.0 Å². The van der Waals surface area contributed by atoms with Crippen molar-refractivity contribution in [1.82, 2.24) is 25.0 Å². The summed E-state index contributed by atoms with van der Waals surface area (Å²) >= 11 is 0. The van der Waals surface area contributed by atoms with Crippen LogP contribution in [0.2, 0.25) is 0 Å². The monoisotopic (exact) mass is 550 g/mol. The molecule has 3 N–H and O–H groups in total. The van der Waals surface area contributed by atoms with Gasteiger partial charge in [0.25, 0.3) is 5.91 Å². The predicted molar refractivity (Wildman–Crippen MR) is 159 cm³/mol. The lowest BCUT2D eigenvalue weighted by Crippen LogP contribution is -2.32. The smallest absolute Gasteiger partial charge is 0.408 e. The van der Waals surface area contributed by atoms with Crippen molar-refractivity contribution in [2.75, 3.05) is 18.4 Å². The van der Waals surface area contributed by atoms with Gasteiger partial charge in [-0.25, -0.2) is 14.8 Å². The Morgan fingerprint density at radius 1 is 1.02 bits per heavy atom. The topological polar surface area (TPSA) is 110 Å². The average Bonchev–Trinajstić information content (AvgIpc) is 3.66.